The predicted molar refractivity (Wildman–Crippen MR) is 87.9 cm³/mol. The van der Waals surface area contributed by atoms with E-state index in [2.05, 4.69) is 20.9 Å². The molecule has 0 aliphatic carbocycles. The van der Waals surface area contributed by atoms with Crippen LogP contribution in [-0.4, -0.2) is 64.8 Å². The first-order valence-electron chi connectivity index (χ1n) is 7.12. The van der Waals surface area contributed by atoms with Gasteiger partial charge in [-0.25, -0.2) is 13.2 Å². The predicted octanol–water partition coefficient (Wildman–Crippen LogP) is 0.111. The molecule has 0 atom stereocenters. The van der Waals surface area contributed by atoms with Crippen LogP contribution in [0.15, 0.2) is 4.99 Å². The number of carbonyl (C=O) groups is 1. The van der Waals surface area contributed by atoms with Crippen molar-refractivity contribution in [1.82, 2.24) is 16.0 Å². The van der Waals surface area contributed by atoms with Crippen molar-refractivity contribution in [2.45, 2.75) is 32.8 Å². The van der Waals surface area contributed by atoms with Crippen LogP contribution in [0.2, 0.25) is 0 Å². The van der Waals surface area contributed by atoms with Gasteiger partial charge >= 0.3 is 6.09 Å². The zero-order valence-corrected chi connectivity index (χ0v) is 14.8. The van der Waals surface area contributed by atoms with Crippen molar-refractivity contribution in [2.75, 3.05) is 38.7 Å². The van der Waals surface area contributed by atoms with Crippen LogP contribution in [0.1, 0.15) is 27.2 Å². The van der Waals surface area contributed by atoms with Crippen molar-refractivity contribution in [3.05, 3.63) is 0 Å². The molecule has 0 aromatic carbocycles. The van der Waals surface area contributed by atoms with E-state index in [1.165, 1.54) is 6.26 Å². The molecule has 0 saturated carbocycles. The minimum Gasteiger partial charge on any atom is -0.444 e. The molecule has 130 valence electrons. The topological polar surface area (TPSA) is 109 Å². The first kappa shape index (κ1) is 20.5. The highest BCUT2D eigenvalue weighted by Gasteiger charge is 2.15. The van der Waals surface area contributed by atoms with Crippen molar-refractivity contribution >= 4 is 21.9 Å². The Balaban J connectivity index is 3.78. The van der Waals surface area contributed by atoms with E-state index in [-0.39, 0.29) is 5.75 Å². The normalized spacial score (nSPS) is 12.7. The number of sulfone groups is 1. The van der Waals surface area contributed by atoms with Gasteiger partial charge in [0.1, 0.15) is 15.4 Å². The molecule has 3 N–H and O–H groups in total. The maximum atomic E-state index is 11.4. The molecule has 0 radical (unpaired) electrons. The molecular weight excluding hydrogens is 308 g/mol. The molecule has 0 fully saturated rings. The van der Waals surface area contributed by atoms with Gasteiger partial charge in [-0.05, 0) is 27.2 Å². The van der Waals surface area contributed by atoms with Crippen LogP contribution >= 0.6 is 0 Å². The number of hydrogen-bond acceptors (Lipinski definition) is 5. The van der Waals surface area contributed by atoms with E-state index in [1.54, 1.807) is 27.8 Å². The fraction of sp³-hybridized carbons (Fsp3) is 0.846. The number of carbonyl (C=O) groups excluding carboxylic acids is 1. The van der Waals surface area contributed by atoms with E-state index >= 15 is 0 Å². The molecule has 0 aromatic heterocycles. The zero-order chi connectivity index (χ0) is 17.2. The van der Waals surface area contributed by atoms with Crippen molar-refractivity contribution in [3.63, 3.8) is 0 Å². The van der Waals surface area contributed by atoms with Crippen molar-refractivity contribution in [3.8, 4) is 0 Å². The van der Waals surface area contributed by atoms with Gasteiger partial charge < -0.3 is 20.7 Å². The van der Waals surface area contributed by atoms with E-state index in [0.717, 1.165) is 0 Å². The number of rotatable bonds is 7. The third-order valence-electron chi connectivity index (χ3n) is 2.30. The molecule has 8 nitrogen and oxygen atoms in total. The Hall–Kier alpha value is -1.51. The fourth-order valence-corrected chi connectivity index (χ4v) is 1.85. The summed E-state index contributed by atoms with van der Waals surface area (Å²) in [5.41, 5.74) is -0.506. The van der Waals surface area contributed by atoms with Gasteiger partial charge in [0, 0.05) is 32.9 Å². The molecule has 0 aliphatic rings. The van der Waals surface area contributed by atoms with E-state index in [9.17, 15) is 13.2 Å². The number of aliphatic imine (C=N–C) groups is 1. The molecule has 0 unspecified atom stereocenters. The molecule has 0 aromatic rings. The first-order valence-corrected chi connectivity index (χ1v) is 9.18. The van der Waals surface area contributed by atoms with Crippen molar-refractivity contribution in [2.24, 2.45) is 4.99 Å². The summed E-state index contributed by atoms with van der Waals surface area (Å²) in [5.74, 6) is 0.578. The van der Waals surface area contributed by atoms with Gasteiger partial charge in [0.25, 0.3) is 0 Å². The van der Waals surface area contributed by atoms with Crippen molar-refractivity contribution < 1.29 is 17.9 Å². The minimum atomic E-state index is -2.99. The Morgan fingerprint density at radius 3 is 2.14 bits per heavy atom. The molecule has 0 bridgehead atoms. The number of ether oxygens (including phenoxy) is 1. The molecule has 0 aliphatic heterocycles. The van der Waals surface area contributed by atoms with E-state index < -0.39 is 21.5 Å². The maximum absolute atomic E-state index is 11.4. The number of hydrogen-bond donors (Lipinski definition) is 3. The van der Waals surface area contributed by atoms with Gasteiger partial charge in [-0.15, -0.1) is 0 Å². The summed E-state index contributed by atoms with van der Waals surface area (Å²) in [6.07, 6.45) is 1.43. The van der Waals surface area contributed by atoms with Crippen LogP contribution in [0, 0.1) is 0 Å². The van der Waals surface area contributed by atoms with Crippen LogP contribution in [0.25, 0.3) is 0 Å². The standard InChI is InChI=1S/C13H28N4O4S/c1-13(2,3)21-12(18)17-8-6-7-15-11(14-4)16-9-10-22(5,19)20/h6-10H2,1-5H3,(H,17,18)(H2,14,15,16). The summed E-state index contributed by atoms with van der Waals surface area (Å²) >= 11 is 0. The number of guanidine groups is 1. The summed E-state index contributed by atoms with van der Waals surface area (Å²) < 4.78 is 27.1. The smallest absolute Gasteiger partial charge is 0.407 e. The van der Waals surface area contributed by atoms with E-state index in [0.29, 0.717) is 32.0 Å². The summed E-state index contributed by atoms with van der Waals surface area (Å²) in [7, 11) is -1.38. The Labute approximate surface area is 133 Å². The maximum Gasteiger partial charge on any atom is 0.407 e. The highest BCUT2D eigenvalue weighted by molar-refractivity contribution is 7.90. The van der Waals surface area contributed by atoms with Gasteiger partial charge in [0.05, 0.1) is 5.75 Å². The molecule has 0 spiro atoms. The summed E-state index contributed by atoms with van der Waals surface area (Å²) in [5, 5.41) is 8.59. The highest BCUT2D eigenvalue weighted by atomic mass is 32.2. The second kappa shape index (κ2) is 9.50. The summed E-state index contributed by atoms with van der Waals surface area (Å²) in [6.45, 7) is 6.78. The van der Waals surface area contributed by atoms with Crippen molar-refractivity contribution in [1.29, 1.82) is 0 Å². The van der Waals surface area contributed by atoms with Gasteiger partial charge in [-0.1, -0.05) is 0 Å². The van der Waals surface area contributed by atoms with Gasteiger partial charge in [0.15, 0.2) is 5.96 Å². The lowest BCUT2D eigenvalue weighted by Gasteiger charge is -2.19. The van der Waals surface area contributed by atoms with Crippen LogP contribution in [0.4, 0.5) is 4.79 Å². The summed E-state index contributed by atoms with van der Waals surface area (Å²) in [4.78, 5) is 15.4. The van der Waals surface area contributed by atoms with E-state index in [1.807, 2.05) is 0 Å². The average Bonchev–Trinajstić information content (AvgIpc) is 2.32. The molecule has 1 amide bonds. The fourth-order valence-electron chi connectivity index (χ4n) is 1.38. The van der Waals surface area contributed by atoms with Crippen LogP contribution < -0.4 is 16.0 Å². The average molecular weight is 336 g/mol. The lowest BCUT2D eigenvalue weighted by Crippen LogP contribution is -2.40. The second-order valence-corrected chi connectivity index (χ2v) is 8.10. The number of amides is 1. The van der Waals surface area contributed by atoms with Crippen LogP contribution in [-0.2, 0) is 14.6 Å². The first-order chi connectivity index (χ1) is 10.0. The zero-order valence-electron chi connectivity index (χ0n) is 14.0. The summed E-state index contributed by atoms with van der Waals surface area (Å²) in [6, 6.07) is 0. The number of nitrogens with zero attached hydrogens (tertiary/aromatic N) is 1. The Bertz CT molecular complexity index is 469. The van der Waals surface area contributed by atoms with Gasteiger partial charge in [-0.3, -0.25) is 4.99 Å². The van der Waals surface area contributed by atoms with Gasteiger partial charge in [0.2, 0.25) is 0 Å². The third-order valence-corrected chi connectivity index (χ3v) is 3.25. The quantitative estimate of drug-likeness (QED) is 0.346. The van der Waals surface area contributed by atoms with E-state index in [4.69, 9.17) is 4.74 Å². The lowest BCUT2D eigenvalue weighted by molar-refractivity contribution is 0.0527. The molecule has 9 heteroatoms. The Morgan fingerprint density at radius 1 is 1.09 bits per heavy atom. The monoisotopic (exact) mass is 336 g/mol. The van der Waals surface area contributed by atoms with Gasteiger partial charge in [-0.2, -0.15) is 0 Å². The molecule has 0 rings (SSSR count). The van der Waals surface area contributed by atoms with Crippen LogP contribution in [0.3, 0.4) is 0 Å². The number of nitrogens with one attached hydrogen (secondary N) is 3. The third kappa shape index (κ3) is 13.5. The Morgan fingerprint density at radius 2 is 1.64 bits per heavy atom. The van der Waals surface area contributed by atoms with Crippen LogP contribution in [0.5, 0.6) is 0 Å². The molecule has 0 heterocycles. The second-order valence-electron chi connectivity index (χ2n) is 5.84. The molecular formula is C13H28N4O4S. The Kier molecular flexibility index (Phi) is 8.84. The largest absolute Gasteiger partial charge is 0.444 e. The minimum absolute atomic E-state index is 0.0495. The highest BCUT2D eigenvalue weighted by Crippen LogP contribution is 2.06. The molecule has 0 saturated heterocycles. The lowest BCUT2D eigenvalue weighted by atomic mass is 10.2. The number of alkyl carbamates (subject to hydrolysis) is 1. The molecule has 22 heavy (non-hydrogen) atoms. The SMILES string of the molecule is CN=C(NCCCNC(=O)OC(C)(C)C)NCCS(C)(=O)=O.